The van der Waals surface area contributed by atoms with Crippen LogP contribution in [0, 0.1) is 20.8 Å². The molecule has 0 heterocycles. The van der Waals surface area contributed by atoms with Crippen LogP contribution in [0.2, 0.25) is 0 Å². The number of hydrogen-bond acceptors (Lipinski definition) is 2. The largest absolute Gasteiger partial charge is 0.507 e. The maximum Gasteiger partial charge on any atom is 0.166 e. The van der Waals surface area contributed by atoms with Crippen molar-refractivity contribution in [1.29, 1.82) is 0 Å². The summed E-state index contributed by atoms with van der Waals surface area (Å²) in [6.45, 7) is 7.54. The van der Waals surface area contributed by atoms with Gasteiger partial charge in [-0.15, -0.1) is 0 Å². The molecule has 2 nitrogen and oxygen atoms in total. The molecule has 14 heavy (non-hydrogen) atoms. The van der Waals surface area contributed by atoms with Gasteiger partial charge in [-0.25, -0.2) is 0 Å². The van der Waals surface area contributed by atoms with Crippen LogP contribution < -0.4 is 0 Å². The van der Waals surface area contributed by atoms with Crippen LogP contribution in [0.15, 0.2) is 6.07 Å². The van der Waals surface area contributed by atoms with Crippen molar-refractivity contribution in [3.63, 3.8) is 0 Å². The molecule has 0 radical (unpaired) electrons. The van der Waals surface area contributed by atoms with Crippen LogP contribution in [0.3, 0.4) is 0 Å². The van der Waals surface area contributed by atoms with Crippen LogP contribution in [0.5, 0.6) is 5.75 Å². The molecule has 0 bridgehead atoms. The number of ketones is 1. The van der Waals surface area contributed by atoms with E-state index in [2.05, 4.69) is 0 Å². The number of aryl methyl sites for hydroxylation is 1. The SMILES string of the molecule is CCC(=O)c1cc(C)c(C)c(C)c1O. The molecule has 0 fully saturated rings. The highest BCUT2D eigenvalue weighted by molar-refractivity contribution is 5.99. The van der Waals surface area contributed by atoms with Gasteiger partial charge in [-0.1, -0.05) is 6.92 Å². The minimum absolute atomic E-state index is 0.00583. The number of hydrogen-bond donors (Lipinski definition) is 1. The molecule has 1 aromatic rings. The van der Waals surface area contributed by atoms with E-state index in [0.29, 0.717) is 12.0 Å². The Bertz CT molecular complexity index is 378. The van der Waals surface area contributed by atoms with Gasteiger partial charge in [-0.2, -0.15) is 0 Å². The number of benzene rings is 1. The maximum atomic E-state index is 11.5. The molecule has 0 unspecified atom stereocenters. The maximum absolute atomic E-state index is 11.5. The van der Waals surface area contributed by atoms with E-state index in [1.165, 1.54) is 0 Å². The van der Waals surface area contributed by atoms with E-state index >= 15 is 0 Å². The van der Waals surface area contributed by atoms with Crippen LogP contribution in [0.4, 0.5) is 0 Å². The molecule has 0 saturated carbocycles. The number of Topliss-reactive ketones (excluding diaryl/α,β-unsaturated/α-hetero) is 1. The zero-order valence-corrected chi connectivity index (χ0v) is 9.14. The fourth-order valence-corrected chi connectivity index (χ4v) is 1.47. The molecule has 0 aromatic heterocycles. The Morgan fingerprint density at radius 1 is 1.29 bits per heavy atom. The third-order valence-corrected chi connectivity index (χ3v) is 2.75. The second-order valence-corrected chi connectivity index (χ2v) is 3.62. The summed E-state index contributed by atoms with van der Waals surface area (Å²) in [5.41, 5.74) is 3.36. The lowest BCUT2D eigenvalue weighted by molar-refractivity contribution is 0.0985. The fourth-order valence-electron chi connectivity index (χ4n) is 1.47. The quantitative estimate of drug-likeness (QED) is 0.731. The molecule has 1 rings (SSSR count). The van der Waals surface area contributed by atoms with Crippen LogP contribution in [0.25, 0.3) is 0 Å². The Balaban J connectivity index is 3.40. The minimum atomic E-state index is -0.00583. The molecular weight excluding hydrogens is 176 g/mol. The van der Waals surface area contributed by atoms with Crippen LogP contribution in [-0.4, -0.2) is 10.9 Å². The molecule has 0 aliphatic heterocycles. The Kier molecular flexibility index (Phi) is 2.94. The third-order valence-electron chi connectivity index (χ3n) is 2.75. The van der Waals surface area contributed by atoms with E-state index in [4.69, 9.17) is 0 Å². The Hall–Kier alpha value is -1.31. The van der Waals surface area contributed by atoms with Crippen LogP contribution in [-0.2, 0) is 0 Å². The lowest BCUT2D eigenvalue weighted by Crippen LogP contribution is -2.01. The Labute approximate surface area is 84.6 Å². The zero-order chi connectivity index (χ0) is 10.9. The lowest BCUT2D eigenvalue weighted by atomic mass is 9.96. The van der Waals surface area contributed by atoms with Crippen LogP contribution in [0.1, 0.15) is 40.4 Å². The van der Waals surface area contributed by atoms with Crippen molar-refractivity contribution < 1.29 is 9.90 Å². The first kappa shape index (κ1) is 10.8. The number of carbonyl (C=O) groups is 1. The molecule has 0 spiro atoms. The van der Waals surface area contributed by atoms with Crippen molar-refractivity contribution in [3.8, 4) is 5.75 Å². The predicted octanol–water partition coefficient (Wildman–Crippen LogP) is 2.91. The molecule has 0 aliphatic rings. The number of aromatic hydroxyl groups is 1. The van der Waals surface area contributed by atoms with E-state index in [-0.39, 0.29) is 11.5 Å². The number of phenols is 1. The Morgan fingerprint density at radius 3 is 2.36 bits per heavy atom. The van der Waals surface area contributed by atoms with Crippen molar-refractivity contribution >= 4 is 5.78 Å². The lowest BCUT2D eigenvalue weighted by Gasteiger charge is -2.11. The summed E-state index contributed by atoms with van der Waals surface area (Å²) in [4.78, 5) is 11.5. The van der Waals surface area contributed by atoms with E-state index in [9.17, 15) is 9.90 Å². The average Bonchev–Trinajstić information content (AvgIpc) is 2.19. The first-order valence-corrected chi connectivity index (χ1v) is 4.82. The van der Waals surface area contributed by atoms with Gasteiger partial charge in [0.15, 0.2) is 5.78 Å². The van der Waals surface area contributed by atoms with E-state index in [0.717, 1.165) is 16.7 Å². The average molecular weight is 192 g/mol. The second kappa shape index (κ2) is 3.82. The van der Waals surface area contributed by atoms with Crippen molar-refractivity contribution in [2.45, 2.75) is 34.1 Å². The van der Waals surface area contributed by atoms with Crippen LogP contribution >= 0.6 is 0 Å². The highest BCUT2D eigenvalue weighted by Gasteiger charge is 2.14. The monoisotopic (exact) mass is 192 g/mol. The normalized spacial score (nSPS) is 10.3. The van der Waals surface area contributed by atoms with Crippen molar-refractivity contribution in [2.75, 3.05) is 0 Å². The van der Waals surface area contributed by atoms with E-state index in [1.54, 1.807) is 13.0 Å². The van der Waals surface area contributed by atoms with Gasteiger partial charge in [0.05, 0.1) is 5.56 Å². The molecule has 0 atom stereocenters. The smallest absolute Gasteiger partial charge is 0.166 e. The Morgan fingerprint density at radius 2 is 1.86 bits per heavy atom. The van der Waals surface area contributed by atoms with Crippen molar-refractivity contribution in [1.82, 2.24) is 0 Å². The van der Waals surface area contributed by atoms with Gasteiger partial charge in [0.25, 0.3) is 0 Å². The standard InChI is InChI=1S/C12H16O2/c1-5-11(13)10-6-7(2)8(3)9(4)12(10)14/h6,14H,5H2,1-4H3. The summed E-state index contributed by atoms with van der Waals surface area (Å²) in [5.74, 6) is 0.133. The van der Waals surface area contributed by atoms with Gasteiger partial charge in [0.1, 0.15) is 5.75 Å². The summed E-state index contributed by atoms with van der Waals surface area (Å²) in [6.07, 6.45) is 0.426. The predicted molar refractivity (Wildman–Crippen MR) is 56.9 cm³/mol. The molecule has 0 aliphatic carbocycles. The summed E-state index contributed by atoms with van der Waals surface area (Å²) < 4.78 is 0. The highest BCUT2D eigenvalue weighted by atomic mass is 16.3. The zero-order valence-electron chi connectivity index (χ0n) is 9.14. The molecule has 2 heteroatoms. The molecule has 0 saturated heterocycles. The minimum Gasteiger partial charge on any atom is -0.507 e. The summed E-state index contributed by atoms with van der Waals surface area (Å²) in [6, 6.07) is 1.77. The molecule has 0 amide bonds. The third kappa shape index (κ3) is 1.65. The number of rotatable bonds is 2. The van der Waals surface area contributed by atoms with Gasteiger partial charge in [-0.05, 0) is 43.5 Å². The highest BCUT2D eigenvalue weighted by Crippen LogP contribution is 2.28. The fraction of sp³-hybridized carbons (Fsp3) is 0.417. The van der Waals surface area contributed by atoms with Gasteiger partial charge >= 0.3 is 0 Å². The van der Waals surface area contributed by atoms with Crippen molar-refractivity contribution in [3.05, 3.63) is 28.3 Å². The topological polar surface area (TPSA) is 37.3 Å². The van der Waals surface area contributed by atoms with Gasteiger partial charge in [0.2, 0.25) is 0 Å². The van der Waals surface area contributed by atoms with Gasteiger partial charge < -0.3 is 5.11 Å². The summed E-state index contributed by atoms with van der Waals surface area (Å²) in [5, 5.41) is 9.78. The second-order valence-electron chi connectivity index (χ2n) is 3.62. The first-order chi connectivity index (χ1) is 6.49. The summed E-state index contributed by atoms with van der Waals surface area (Å²) >= 11 is 0. The van der Waals surface area contributed by atoms with Crippen molar-refractivity contribution in [2.24, 2.45) is 0 Å². The van der Waals surface area contributed by atoms with Gasteiger partial charge in [0, 0.05) is 6.42 Å². The molecule has 1 N–H and O–H groups in total. The molecule has 76 valence electrons. The number of carbonyl (C=O) groups excluding carboxylic acids is 1. The molecular formula is C12H16O2. The van der Waals surface area contributed by atoms with E-state index < -0.39 is 0 Å². The first-order valence-electron chi connectivity index (χ1n) is 4.82. The number of phenolic OH excluding ortho intramolecular Hbond substituents is 1. The molecule has 1 aromatic carbocycles. The van der Waals surface area contributed by atoms with E-state index in [1.807, 2.05) is 20.8 Å². The van der Waals surface area contributed by atoms with Gasteiger partial charge in [-0.3, -0.25) is 4.79 Å². The summed E-state index contributed by atoms with van der Waals surface area (Å²) in [7, 11) is 0.